The van der Waals surface area contributed by atoms with Crippen LogP contribution in [0.25, 0.3) is 10.9 Å². The summed E-state index contributed by atoms with van der Waals surface area (Å²) in [4.78, 5) is 33.3. The van der Waals surface area contributed by atoms with Crippen molar-refractivity contribution in [3.05, 3.63) is 75.3 Å². The molecule has 6 nitrogen and oxygen atoms in total. The number of para-hydroxylation sites is 1. The number of fused-ring (bicyclic) bond motifs is 1. The summed E-state index contributed by atoms with van der Waals surface area (Å²) in [6.07, 6.45) is 0. The van der Waals surface area contributed by atoms with Gasteiger partial charge in [-0.1, -0.05) is 30.3 Å². The molecule has 3 N–H and O–H groups in total. The van der Waals surface area contributed by atoms with Crippen molar-refractivity contribution in [1.82, 2.24) is 15.3 Å². The van der Waals surface area contributed by atoms with Crippen LogP contribution in [0, 0.1) is 13.8 Å². The van der Waals surface area contributed by atoms with Gasteiger partial charge in [0, 0.05) is 0 Å². The number of carbonyl (C=O) groups is 1. The highest BCUT2D eigenvalue weighted by atomic mass is 16.2. The molecule has 0 aliphatic rings. The van der Waals surface area contributed by atoms with Crippen LogP contribution in [0.4, 0.5) is 0 Å². The second kappa shape index (κ2) is 9.01. The molecule has 1 aromatic heterocycles. The number of amides is 1. The summed E-state index contributed by atoms with van der Waals surface area (Å²) in [7, 11) is 0. The number of carbonyl (C=O) groups excluding carboxylic acids is 1. The van der Waals surface area contributed by atoms with E-state index in [4.69, 9.17) is 0 Å². The summed E-state index contributed by atoms with van der Waals surface area (Å²) in [5.74, 6) is 0.580. The SMILES string of the molecule is CC[NH+](CC(=O)N[C@H](C)c1ccc(C)c(C)c1)Cc1nc2ccccc2c(=O)[nH]1. The molecule has 1 heterocycles. The monoisotopic (exact) mass is 393 g/mol. The first-order valence-corrected chi connectivity index (χ1v) is 10.1. The molecule has 3 rings (SSSR count). The number of H-pyrrole nitrogens is 1. The predicted octanol–water partition coefficient (Wildman–Crippen LogP) is 1.82. The smallest absolute Gasteiger partial charge is 0.275 e. The maximum Gasteiger partial charge on any atom is 0.275 e. The zero-order valence-electron chi connectivity index (χ0n) is 17.5. The number of aryl methyl sites for hydroxylation is 2. The maximum absolute atomic E-state index is 12.6. The molecule has 0 radical (unpaired) electrons. The molecular formula is C23H29N4O2+. The molecule has 0 bridgehead atoms. The largest absolute Gasteiger partial charge is 0.345 e. The average Bonchev–Trinajstić information content (AvgIpc) is 2.69. The molecule has 6 heteroatoms. The number of aromatic nitrogens is 2. The zero-order chi connectivity index (χ0) is 21.0. The van der Waals surface area contributed by atoms with Crippen LogP contribution in [0.5, 0.6) is 0 Å². The van der Waals surface area contributed by atoms with Gasteiger partial charge in [0.2, 0.25) is 0 Å². The van der Waals surface area contributed by atoms with Crippen molar-refractivity contribution in [2.75, 3.05) is 13.1 Å². The first-order chi connectivity index (χ1) is 13.9. The molecule has 1 amide bonds. The highest BCUT2D eigenvalue weighted by molar-refractivity contribution is 5.77. The van der Waals surface area contributed by atoms with Crippen molar-refractivity contribution < 1.29 is 9.69 Å². The lowest BCUT2D eigenvalue weighted by atomic mass is 10.0. The average molecular weight is 394 g/mol. The van der Waals surface area contributed by atoms with Gasteiger partial charge in [-0.05, 0) is 56.5 Å². The predicted molar refractivity (Wildman–Crippen MR) is 115 cm³/mol. The summed E-state index contributed by atoms with van der Waals surface area (Å²) in [6, 6.07) is 13.5. The van der Waals surface area contributed by atoms with E-state index < -0.39 is 0 Å². The fourth-order valence-electron chi connectivity index (χ4n) is 3.40. The van der Waals surface area contributed by atoms with Gasteiger partial charge in [-0.25, -0.2) is 4.98 Å². The molecular weight excluding hydrogens is 364 g/mol. The van der Waals surface area contributed by atoms with Gasteiger partial charge in [-0.2, -0.15) is 0 Å². The lowest BCUT2D eigenvalue weighted by Gasteiger charge is -2.20. The Morgan fingerprint density at radius 3 is 2.66 bits per heavy atom. The molecule has 0 aliphatic heterocycles. The lowest BCUT2D eigenvalue weighted by Crippen LogP contribution is -3.11. The van der Waals surface area contributed by atoms with Gasteiger partial charge in [0.25, 0.3) is 11.5 Å². The minimum absolute atomic E-state index is 0.0179. The molecule has 0 spiro atoms. The van der Waals surface area contributed by atoms with Crippen LogP contribution in [0.15, 0.2) is 47.3 Å². The minimum atomic E-state index is -0.145. The standard InChI is InChI=1S/C23H28N4O2/c1-5-27(13-21-25-20-9-7-6-8-19(20)23(29)26-21)14-22(28)24-17(4)18-11-10-15(2)16(3)12-18/h6-12,17H,5,13-14H2,1-4H3,(H,24,28)(H,25,26,29)/p+1/t17-/m1/s1. The van der Waals surface area contributed by atoms with Crippen LogP contribution in [0.2, 0.25) is 0 Å². The first-order valence-electron chi connectivity index (χ1n) is 10.1. The topological polar surface area (TPSA) is 79.3 Å². The van der Waals surface area contributed by atoms with E-state index in [0.717, 1.165) is 17.0 Å². The molecule has 0 saturated heterocycles. The first kappa shape index (κ1) is 20.7. The number of rotatable bonds is 7. The van der Waals surface area contributed by atoms with E-state index in [2.05, 4.69) is 47.3 Å². The molecule has 2 atom stereocenters. The van der Waals surface area contributed by atoms with Gasteiger partial charge < -0.3 is 15.2 Å². The molecule has 0 aliphatic carbocycles. The fourth-order valence-corrected chi connectivity index (χ4v) is 3.40. The fraction of sp³-hybridized carbons (Fsp3) is 0.348. The second-order valence-electron chi connectivity index (χ2n) is 7.62. The number of hydrogen-bond acceptors (Lipinski definition) is 3. The molecule has 1 unspecified atom stereocenters. The van der Waals surface area contributed by atoms with Crippen molar-refractivity contribution >= 4 is 16.8 Å². The summed E-state index contributed by atoms with van der Waals surface area (Å²) in [6.45, 7) is 9.74. The van der Waals surface area contributed by atoms with Crippen molar-refractivity contribution in [1.29, 1.82) is 0 Å². The summed E-state index contributed by atoms with van der Waals surface area (Å²) < 4.78 is 0. The Balaban J connectivity index is 1.65. The molecule has 152 valence electrons. The van der Waals surface area contributed by atoms with Crippen molar-refractivity contribution in [2.45, 2.75) is 40.3 Å². The molecule has 0 saturated carbocycles. The highest BCUT2D eigenvalue weighted by Gasteiger charge is 2.17. The summed E-state index contributed by atoms with van der Waals surface area (Å²) in [5, 5.41) is 3.66. The Kier molecular flexibility index (Phi) is 6.44. The molecule has 3 aromatic rings. The summed E-state index contributed by atoms with van der Waals surface area (Å²) >= 11 is 0. The number of benzene rings is 2. The normalized spacial score (nSPS) is 13.2. The van der Waals surface area contributed by atoms with Crippen LogP contribution < -0.4 is 15.8 Å². The Bertz CT molecular complexity index is 1070. The Labute approximate surface area is 171 Å². The lowest BCUT2D eigenvalue weighted by molar-refractivity contribution is -0.904. The van der Waals surface area contributed by atoms with Crippen LogP contribution in [0.1, 0.15) is 42.4 Å². The minimum Gasteiger partial charge on any atom is -0.345 e. The van der Waals surface area contributed by atoms with Gasteiger partial charge in [0.05, 0.1) is 23.5 Å². The van der Waals surface area contributed by atoms with Gasteiger partial charge in [-0.15, -0.1) is 0 Å². The van der Waals surface area contributed by atoms with Crippen molar-refractivity contribution in [2.24, 2.45) is 0 Å². The van der Waals surface area contributed by atoms with E-state index in [1.807, 2.05) is 32.0 Å². The Hall–Kier alpha value is -2.99. The molecule has 29 heavy (non-hydrogen) atoms. The molecule has 0 fully saturated rings. The number of nitrogens with zero attached hydrogens (tertiary/aromatic N) is 1. The van der Waals surface area contributed by atoms with E-state index in [0.29, 0.717) is 29.8 Å². The van der Waals surface area contributed by atoms with E-state index in [1.165, 1.54) is 11.1 Å². The zero-order valence-corrected chi connectivity index (χ0v) is 17.5. The van der Waals surface area contributed by atoms with E-state index in [1.54, 1.807) is 6.07 Å². The number of aromatic amines is 1. The Morgan fingerprint density at radius 1 is 1.17 bits per heavy atom. The van der Waals surface area contributed by atoms with Gasteiger partial charge in [-0.3, -0.25) is 9.59 Å². The Morgan fingerprint density at radius 2 is 1.93 bits per heavy atom. The van der Waals surface area contributed by atoms with Crippen molar-refractivity contribution in [3.8, 4) is 0 Å². The third kappa shape index (κ3) is 5.09. The van der Waals surface area contributed by atoms with Gasteiger partial charge in [0.15, 0.2) is 12.4 Å². The van der Waals surface area contributed by atoms with Crippen LogP contribution in [0.3, 0.4) is 0 Å². The second-order valence-corrected chi connectivity index (χ2v) is 7.62. The third-order valence-electron chi connectivity index (χ3n) is 5.40. The van der Waals surface area contributed by atoms with Crippen LogP contribution in [-0.4, -0.2) is 29.0 Å². The number of nitrogens with one attached hydrogen (secondary N) is 3. The maximum atomic E-state index is 12.6. The van der Waals surface area contributed by atoms with Crippen molar-refractivity contribution in [3.63, 3.8) is 0 Å². The van der Waals surface area contributed by atoms with Crippen LogP contribution in [-0.2, 0) is 11.3 Å². The number of quaternary nitrogens is 1. The summed E-state index contributed by atoms with van der Waals surface area (Å²) in [5.41, 5.74) is 4.09. The van der Waals surface area contributed by atoms with Crippen LogP contribution >= 0.6 is 0 Å². The van der Waals surface area contributed by atoms with Gasteiger partial charge in [0.1, 0.15) is 6.54 Å². The van der Waals surface area contributed by atoms with E-state index in [9.17, 15) is 9.59 Å². The third-order valence-corrected chi connectivity index (χ3v) is 5.40. The highest BCUT2D eigenvalue weighted by Crippen LogP contribution is 2.16. The molecule has 2 aromatic carbocycles. The number of likely N-dealkylation sites (N-methyl/N-ethyl adjacent to an activating group) is 1. The quantitative estimate of drug-likeness (QED) is 0.573. The number of hydrogen-bond donors (Lipinski definition) is 3. The van der Waals surface area contributed by atoms with E-state index in [-0.39, 0.29) is 17.5 Å². The van der Waals surface area contributed by atoms with Gasteiger partial charge >= 0.3 is 0 Å². The van der Waals surface area contributed by atoms with E-state index >= 15 is 0 Å².